The number of nitrogens with one attached hydrogen (secondary N) is 1. The van der Waals surface area contributed by atoms with E-state index in [1.165, 1.54) is 17.0 Å². The van der Waals surface area contributed by atoms with Crippen molar-refractivity contribution in [2.45, 2.75) is 57.2 Å². The molecule has 1 saturated carbocycles. The van der Waals surface area contributed by atoms with Crippen LogP contribution in [0.3, 0.4) is 0 Å². The van der Waals surface area contributed by atoms with Crippen molar-refractivity contribution in [3.05, 3.63) is 35.4 Å². The molecule has 6 nitrogen and oxygen atoms in total. The van der Waals surface area contributed by atoms with Crippen LogP contribution in [0.5, 0.6) is 0 Å². The van der Waals surface area contributed by atoms with Gasteiger partial charge in [-0.1, -0.05) is 25.0 Å². The number of halogens is 2. The Morgan fingerprint density at radius 2 is 2.00 bits per heavy atom. The van der Waals surface area contributed by atoms with Gasteiger partial charge in [0.15, 0.2) is 11.6 Å². The van der Waals surface area contributed by atoms with Crippen LogP contribution in [0.15, 0.2) is 18.2 Å². The van der Waals surface area contributed by atoms with Crippen LogP contribution in [0.2, 0.25) is 0 Å². The van der Waals surface area contributed by atoms with Crippen molar-refractivity contribution in [2.75, 3.05) is 0 Å². The number of hydrogen-bond donors (Lipinski definition) is 2. The van der Waals surface area contributed by atoms with Crippen LogP contribution in [0, 0.1) is 17.6 Å². The summed E-state index contributed by atoms with van der Waals surface area (Å²) in [5.74, 6) is -3.41. The maximum absolute atomic E-state index is 13.9. The van der Waals surface area contributed by atoms with Gasteiger partial charge in [0.25, 0.3) is 0 Å². The van der Waals surface area contributed by atoms with E-state index in [4.69, 9.17) is 0 Å². The Morgan fingerprint density at radius 1 is 1.26 bits per heavy atom. The zero-order valence-electron chi connectivity index (χ0n) is 14.8. The van der Waals surface area contributed by atoms with Crippen molar-refractivity contribution in [3.63, 3.8) is 0 Å². The zero-order chi connectivity index (χ0) is 19.6. The summed E-state index contributed by atoms with van der Waals surface area (Å²) in [5.41, 5.74) is 0.0489. The number of hydrogen-bond acceptors (Lipinski definition) is 3. The van der Waals surface area contributed by atoms with Crippen LogP contribution in [-0.4, -0.2) is 39.9 Å². The number of carboxylic acid groups (broad SMARTS) is 1. The van der Waals surface area contributed by atoms with Gasteiger partial charge in [-0.3, -0.25) is 9.59 Å². The molecular weight excluding hydrogens is 358 g/mol. The van der Waals surface area contributed by atoms with Crippen molar-refractivity contribution >= 4 is 17.8 Å². The third-order valence-electron chi connectivity index (χ3n) is 5.15. The van der Waals surface area contributed by atoms with E-state index < -0.39 is 35.6 Å². The van der Waals surface area contributed by atoms with E-state index in [1.54, 1.807) is 0 Å². The summed E-state index contributed by atoms with van der Waals surface area (Å²) < 4.78 is 27.3. The lowest BCUT2D eigenvalue weighted by atomic mass is 10.1. The van der Waals surface area contributed by atoms with Crippen molar-refractivity contribution < 1.29 is 28.3 Å². The second kappa shape index (κ2) is 8.02. The lowest BCUT2D eigenvalue weighted by Crippen LogP contribution is -2.44. The van der Waals surface area contributed by atoms with E-state index in [0.29, 0.717) is 18.8 Å². The molecule has 2 amide bonds. The first-order valence-electron chi connectivity index (χ1n) is 9.09. The number of carbonyl (C=O) groups is 3. The molecule has 1 aliphatic heterocycles. The van der Waals surface area contributed by atoms with Gasteiger partial charge in [-0.2, -0.15) is 0 Å². The highest BCUT2D eigenvalue weighted by Crippen LogP contribution is 2.33. The molecule has 0 spiro atoms. The van der Waals surface area contributed by atoms with Gasteiger partial charge in [0, 0.05) is 31.0 Å². The number of nitrogens with zero attached hydrogens (tertiary/aromatic N) is 1. The lowest BCUT2D eigenvalue weighted by Gasteiger charge is -2.25. The number of carboxylic acids is 1. The van der Waals surface area contributed by atoms with Crippen molar-refractivity contribution in [1.29, 1.82) is 0 Å². The topological polar surface area (TPSA) is 86.7 Å². The van der Waals surface area contributed by atoms with Crippen molar-refractivity contribution in [2.24, 2.45) is 5.92 Å². The lowest BCUT2D eigenvalue weighted by molar-refractivity contribution is -0.142. The SMILES string of the molecule is O=C(C[C@@H]1CCC(=O)N1Cc1cccc(F)c1F)N[C@@H](CC1CC1)C(=O)O. The van der Waals surface area contributed by atoms with Gasteiger partial charge in [0.1, 0.15) is 6.04 Å². The molecule has 1 heterocycles. The van der Waals surface area contributed by atoms with Crippen LogP contribution in [0.25, 0.3) is 0 Å². The largest absolute Gasteiger partial charge is 0.480 e. The molecule has 8 heteroatoms. The Morgan fingerprint density at radius 3 is 2.67 bits per heavy atom. The molecule has 1 aromatic carbocycles. The second-order valence-electron chi connectivity index (χ2n) is 7.27. The first kappa shape index (κ1) is 19.3. The van der Waals surface area contributed by atoms with Crippen LogP contribution in [0.4, 0.5) is 8.78 Å². The quantitative estimate of drug-likeness (QED) is 0.724. The number of rotatable bonds is 8. The first-order chi connectivity index (χ1) is 12.8. The Labute approximate surface area is 155 Å². The number of aliphatic carboxylic acids is 1. The van der Waals surface area contributed by atoms with E-state index in [0.717, 1.165) is 18.9 Å². The predicted molar refractivity (Wildman–Crippen MR) is 91.5 cm³/mol. The molecule has 2 atom stereocenters. The molecule has 2 fully saturated rings. The third-order valence-corrected chi connectivity index (χ3v) is 5.15. The Hall–Kier alpha value is -2.51. The second-order valence-corrected chi connectivity index (χ2v) is 7.27. The summed E-state index contributed by atoms with van der Waals surface area (Å²) in [6.45, 7) is -0.120. The van der Waals surface area contributed by atoms with Crippen LogP contribution < -0.4 is 5.32 Å². The minimum Gasteiger partial charge on any atom is -0.480 e. The van der Waals surface area contributed by atoms with E-state index in [-0.39, 0.29) is 30.9 Å². The third kappa shape index (κ3) is 4.81. The molecule has 0 unspecified atom stereocenters. The highest BCUT2D eigenvalue weighted by Gasteiger charge is 2.35. The van der Waals surface area contributed by atoms with Crippen molar-refractivity contribution in [1.82, 2.24) is 10.2 Å². The molecule has 0 bridgehead atoms. The average Bonchev–Trinajstić information content (AvgIpc) is 3.37. The standard InChI is InChI=1S/C19H22F2N2O4/c20-14-3-1-2-12(18(14)21)10-23-13(6-7-17(23)25)9-16(24)22-15(19(26)27)8-11-4-5-11/h1-3,11,13,15H,4-10H2,(H,22,24)(H,26,27)/t13-,15-/m0/s1. The van der Waals surface area contributed by atoms with Gasteiger partial charge in [-0.15, -0.1) is 0 Å². The summed E-state index contributed by atoms with van der Waals surface area (Å²) in [6.07, 6.45) is 2.94. The van der Waals surface area contributed by atoms with E-state index in [9.17, 15) is 28.3 Å². The van der Waals surface area contributed by atoms with Gasteiger partial charge in [0.05, 0.1) is 0 Å². The van der Waals surface area contributed by atoms with E-state index >= 15 is 0 Å². The number of carbonyl (C=O) groups excluding carboxylic acids is 2. The summed E-state index contributed by atoms with van der Waals surface area (Å²) in [4.78, 5) is 37.1. The Bertz CT molecular complexity index is 751. The van der Waals surface area contributed by atoms with Crippen LogP contribution in [-0.2, 0) is 20.9 Å². The van der Waals surface area contributed by atoms with Gasteiger partial charge in [-0.25, -0.2) is 13.6 Å². The fourth-order valence-electron chi connectivity index (χ4n) is 3.45. The summed E-state index contributed by atoms with van der Waals surface area (Å²) >= 11 is 0. The maximum atomic E-state index is 13.9. The number of likely N-dealkylation sites (tertiary alicyclic amines) is 1. The smallest absolute Gasteiger partial charge is 0.326 e. The molecule has 1 aromatic rings. The molecule has 27 heavy (non-hydrogen) atoms. The summed E-state index contributed by atoms with van der Waals surface area (Å²) in [6, 6.07) is 2.37. The number of benzene rings is 1. The summed E-state index contributed by atoms with van der Waals surface area (Å²) in [5, 5.41) is 11.8. The molecule has 0 aromatic heterocycles. The molecule has 0 radical (unpaired) electrons. The molecule has 146 valence electrons. The maximum Gasteiger partial charge on any atom is 0.326 e. The minimum atomic E-state index is -1.07. The highest BCUT2D eigenvalue weighted by atomic mass is 19.2. The molecule has 1 saturated heterocycles. The predicted octanol–water partition coefficient (Wildman–Crippen LogP) is 2.22. The van der Waals surface area contributed by atoms with Crippen LogP contribution >= 0.6 is 0 Å². The molecule has 2 aliphatic rings. The van der Waals surface area contributed by atoms with Gasteiger partial charge in [0.2, 0.25) is 11.8 Å². The summed E-state index contributed by atoms with van der Waals surface area (Å²) in [7, 11) is 0. The van der Waals surface area contributed by atoms with E-state index in [1.807, 2.05) is 0 Å². The molecular formula is C19H22F2N2O4. The van der Waals surface area contributed by atoms with Gasteiger partial charge in [-0.05, 0) is 24.8 Å². The highest BCUT2D eigenvalue weighted by molar-refractivity contribution is 5.85. The van der Waals surface area contributed by atoms with Gasteiger partial charge >= 0.3 is 5.97 Å². The fraction of sp³-hybridized carbons (Fsp3) is 0.526. The minimum absolute atomic E-state index is 0.0489. The Kier molecular flexibility index (Phi) is 5.72. The number of amides is 2. The Balaban J connectivity index is 1.62. The van der Waals surface area contributed by atoms with Crippen LogP contribution in [0.1, 0.15) is 44.1 Å². The van der Waals surface area contributed by atoms with Crippen molar-refractivity contribution in [3.8, 4) is 0 Å². The molecule has 3 rings (SSSR count). The first-order valence-corrected chi connectivity index (χ1v) is 9.09. The monoisotopic (exact) mass is 380 g/mol. The molecule has 2 N–H and O–H groups in total. The average molecular weight is 380 g/mol. The van der Waals surface area contributed by atoms with E-state index in [2.05, 4.69) is 5.32 Å². The molecule has 1 aliphatic carbocycles. The normalized spacial score (nSPS) is 20.6. The van der Waals surface area contributed by atoms with Gasteiger partial charge < -0.3 is 15.3 Å². The zero-order valence-corrected chi connectivity index (χ0v) is 14.8. The fourth-order valence-corrected chi connectivity index (χ4v) is 3.45.